The number of thiophene rings is 1. The van der Waals surface area contributed by atoms with Gasteiger partial charge in [0.15, 0.2) is 0 Å². The third-order valence-electron chi connectivity index (χ3n) is 4.45. The summed E-state index contributed by atoms with van der Waals surface area (Å²) < 4.78 is 2.28. The SMILES string of the molecule is CCCCc1c(-c2nccs2)c(C(N)=O)c(C)n1CCc1cccs1. The monoisotopic (exact) mass is 373 g/mol. The van der Waals surface area contributed by atoms with Crippen LogP contribution in [0.4, 0.5) is 0 Å². The van der Waals surface area contributed by atoms with Gasteiger partial charge in [-0.15, -0.1) is 22.7 Å². The summed E-state index contributed by atoms with van der Waals surface area (Å²) in [5.41, 5.74) is 9.48. The second-order valence-electron chi connectivity index (χ2n) is 6.07. The number of rotatable bonds is 8. The van der Waals surface area contributed by atoms with Gasteiger partial charge in [0, 0.05) is 40.0 Å². The number of amides is 1. The van der Waals surface area contributed by atoms with Crippen molar-refractivity contribution in [3.8, 4) is 10.6 Å². The summed E-state index contributed by atoms with van der Waals surface area (Å²) in [5, 5.41) is 4.94. The molecule has 4 nitrogen and oxygen atoms in total. The number of carbonyl (C=O) groups excluding carboxylic acids is 1. The van der Waals surface area contributed by atoms with Crippen molar-refractivity contribution in [1.29, 1.82) is 0 Å². The second-order valence-corrected chi connectivity index (χ2v) is 7.99. The van der Waals surface area contributed by atoms with Crippen molar-refractivity contribution < 1.29 is 4.79 Å². The summed E-state index contributed by atoms with van der Waals surface area (Å²) in [5.74, 6) is -0.365. The second kappa shape index (κ2) is 7.97. The minimum absolute atomic E-state index is 0.365. The van der Waals surface area contributed by atoms with E-state index in [2.05, 4.69) is 34.0 Å². The number of hydrogen-bond donors (Lipinski definition) is 1. The Morgan fingerprint density at radius 3 is 2.72 bits per heavy atom. The summed E-state index contributed by atoms with van der Waals surface area (Å²) in [6.07, 6.45) is 5.87. The highest BCUT2D eigenvalue weighted by Gasteiger charge is 2.25. The fourth-order valence-corrected chi connectivity index (χ4v) is 4.67. The van der Waals surface area contributed by atoms with Crippen LogP contribution in [0.2, 0.25) is 0 Å². The first-order chi connectivity index (χ1) is 12.1. The van der Waals surface area contributed by atoms with Crippen LogP contribution < -0.4 is 5.73 Å². The quantitative estimate of drug-likeness (QED) is 0.624. The van der Waals surface area contributed by atoms with Gasteiger partial charge in [0.25, 0.3) is 5.91 Å². The van der Waals surface area contributed by atoms with E-state index in [0.717, 1.165) is 48.5 Å². The van der Waals surface area contributed by atoms with Gasteiger partial charge >= 0.3 is 0 Å². The predicted octanol–water partition coefficient (Wildman–Crippen LogP) is 4.67. The minimum Gasteiger partial charge on any atom is -0.366 e. The van der Waals surface area contributed by atoms with Crippen LogP contribution in [-0.4, -0.2) is 15.5 Å². The number of carbonyl (C=O) groups is 1. The number of unbranched alkanes of at least 4 members (excludes halogenated alkanes) is 1. The van der Waals surface area contributed by atoms with Crippen LogP contribution in [0, 0.1) is 6.92 Å². The van der Waals surface area contributed by atoms with E-state index in [4.69, 9.17) is 5.73 Å². The molecule has 1 amide bonds. The van der Waals surface area contributed by atoms with E-state index in [1.165, 1.54) is 10.6 Å². The van der Waals surface area contributed by atoms with E-state index in [9.17, 15) is 4.79 Å². The molecule has 0 saturated carbocycles. The van der Waals surface area contributed by atoms with E-state index in [1.807, 2.05) is 12.3 Å². The zero-order valence-corrected chi connectivity index (χ0v) is 16.3. The van der Waals surface area contributed by atoms with Gasteiger partial charge in [0.2, 0.25) is 0 Å². The lowest BCUT2D eigenvalue weighted by molar-refractivity contribution is 0.1000. The molecular formula is C19H23N3OS2. The number of nitrogens with zero attached hydrogens (tertiary/aromatic N) is 2. The molecule has 25 heavy (non-hydrogen) atoms. The maximum absolute atomic E-state index is 12.2. The summed E-state index contributed by atoms with van der Waals surface area (Å²) in [7, 11) is 0. The fraction of sp³-hybridized carbons (Fsp3) is 0.368. The Kier molecular flexibility index (Phi) is 5.71. The molecule has 3 aromatic rings. The molecule has 0 aliphatic rings. The number of hydrogen-bond acceptors (Lipinski definition) is 4. The van der Waals surface area contributed by atoms with Crippen molar-refractivity contribution >= 4 is 28.6 Å². The first kappa shape index (κ1) is 17.9. The van der Waals surface area contributed by atoms with Crippen LogP contribution >= 0.6 is 22.7 Å². The van der Waals surface area contributed by atoms with E-state index in [1.54, 1.807) is 28.9 Å². The van der Waals surface area contributed by atoms with E-state index in [0.29, 0.717) is 5.56 Å². The van der Waals surface area contributed by atoms with E-state index >= 15 is 0 Å². The molecule has 0 bridgehead atoms. The topological polar surface area (TPSA) is 60.9 Å². The first-order valence-corrected chi connectivity index (χ1v) is 10.3. The summed E-state index contributed by atoms with van der Waals surface area (Å²) in [6, 6.07) is 4.24. The highest BCUT2D eigenvalue weighted by atomic mass is 32.1. The highest BCUT2D eigenvalue weighted by Crippen LogP contribution is 2.35. The average Bonchev–Trinajstić information content (AvgIpc) is 3.32. The molecule has 0 spiro atoms. The lowest BCUT2D eigenvalue weighted by Crippen LogP contribution is -2.13. The van der Waals surface area contributed by atoms with Crippen molar-refractivity contribution in [3.05, 3.63) is 50.9 Å². The molecule has 0 saturated heterocycles. The number of aromatic nitrogens is 2. The van der Waals surface area contributed by atoms with Gasteiger partial charge in [-0.05, 0) is 37.6 Å². The molecule has 2 N–H and O–H groups in total. The largest absolute Gasteiger partial charge is 0.366 e. The fourth-order valence-electron chi connectivity index (χ4n) is 3.26. The van der Waals surface area contributed by atoms with Crippen molar-refractivity contribution in [1.82, 2.24) is 9.55 Å². The van der Waals surface area contributed by atoms with Gasteiger partial charge in [-0.1, -0.05) is 19.4 Å². The maximum Gasteiger partial charge on any atom is 0.251 e. The number of thiazole rings is 1. The predicted molar refractivity (Wildman–Crippen MR) is 105 cm³/mol. The van der Waals surface area contributed by atoms with Crippen LogP contribution in [0.25, 0.3) is 10.6 Å². The van der Waals surface area contributed by atoms with Crippen molar-refractivity contribution in [2.75, 3.05) is 0 Å². The van der Waals surface area contributed by atoms with Gasteiger partial charge in [-0.2, -0.15) is 0 Å². The van der Waals surface area contributed by atoms with Gasteiger partial charge in [-0.25, -0.2) is 4.98 Å². The highest BCUT2D eigenvalue weighted by molar-refractivity contribution is 7.13. The van der Waals surface area contributed by atoms with Crippen LogP contribution in [0.3, 0.4) is 0 Å². The molecule has 6 heteroatoms. The molecule has 0 radical (unpaired) electrons. The molecule has 3 aromatic heterocycles. The normalized spacial score (nSPS) is 11.1. The number of nitrogens with two attached hydrogens (primary N) is 1. The van der Waals surface area contributed by atoms with Crippen molar-refractivity contribution in [2.24, 2.45) is 5.73 Å². The van der Waals surface area contributed by atoms with Crippen LogP contribution in [0.1, 0.15) is 46.4 Å². The van der Waals surface area contributed by atoms with Gasteiger partial charge in [0.05, 0.1) is 5.56 Å². The van der Waals surface area contributed by atoms with Crippen molar-refractivity contribution in [3.63, 3.8) is 0 Å². The Morgan fingerprint density at radius 2 is 2.12 bits per heavy atom. The van der Waals surface area contributed by atoms with Gasteiger partial charge < -0.3 is 10.3 Å². The zero-order valence-electron chi connectivity index (χ0n) is 14.6. The number of aryl methyl sites for hydroxylation is 1. The van der Waals surface area contributed by atoms with Crippen LogP contribution in [0.15, 0.2) is 29.1 Å². The molecule has 3 heterocycles. The third-order valence-corrected chi connectivity index (χ3v) is 6.18. The summed E-state index contributed by atoms with van der Waals surface area (Å²) in [4.78, 5) is 18.0. The molecule has 0 fully saturated rings. The smallest absolute Gasteiger partial charge is 0.251 e. The Bertz CT molecular complexity index is 833. The van der Waals surface area contributed by atoms with Crippen LogP contribution in [-0.2, 0) is 19.4 Å². The van der Waals surface area contributed by atoms with E-state index in [-0.39, 0.29) is 5.91 Å². The Morgan fingerprint density at radius 1 is 1.28 bits per heavy atom. The molecule has 132 valence electrons. The molecule has 0 aliphatic carbocycles. The van der Waals surface area contributed by atoms with Crippen LogP contribution in [0.5, 0.6) is 0 Å². The molecular weight excluding hydrogens is 350 g/mol. The molecule has 0 aliphatic heterocycles. The molecule has 3 rings (SSSR count). The lowest BCUT2D eigenvalue weighted by Gasteiger charge is -2.12. The lowest BCUT2D eigenvalue weighted by atomic mass is 10.1. The van der Waals surface area contributed by atoms with Gasteiger partial charge in [0.1, 0.15) is 5.01 Å². The molecule has 0 unspecified atom stereocenters. The Balaban J connectivity index is 2.08. The average molecular weight is 374 g/mol. The summed E-state index contributed by atoms with van der Waals surface area (Å²) in [6.45, 7) is 5.04. The molecule has 0 aromatic carbocycles. The zero-order chi connectivity index (χ0) is 17.8. The third kappa shape index (κ3) is 3.70. The Hall–Kier alpha value is -1.92. The standard InChI is InChI=1S/C19H23N3OS2/c1-3-4-7-15-17(19-21-9-12-25-19)16(18(20)23)13(2)22(15)10-8-14-6-5-11-24-14/h5-6,9,11-12H,3-4,7-8,10H2,1-2H3,(H2,20,23). The summed E-state index contributed by atoms with van der Waals surface area (Å²) >= 11 is 3.33. The Labute approximate surface area is 156 Å². The van der Waals surface area contributed by atoms with E-state index < -0.39 is 0 Å². The minimum atomic E-state index is -0.365. The first-order valence-electron chi connectivity index (χ1n) is 8.57. The maximum atomic E-state index is 12.2. The van der Waals surface area contributed by atoms with Crippen molar-refractivity contribution in [2.45, 2.75) is 46.1 Å². The van der Waals surface area contributed by atoms with Gasteiger partial charge in [-0.3, -0.25) is 4.79 Å². The molecule has 0 atom stereocenters. The number of primary amides is 1.